The highest BCUT2D eigenvalue weighted by Gasteiger charge is 2.50. The molecule has 2 N–H and O–H groups in total. The van der Waals surface area contributed by atoms with Gasteiger partial charge in [0.05, 0.1) is 16.4 Å². The van der Waals surface area contributed by atoms with Crippen LogP contribution in [0, 0.1) is 6.92 Å². The van der Waals surface area contributed by atoms with E-state index in [-0.39, 0.29) is 10.8 Å². The van der Waals surface area contributed by atoms with Gasteiger partial charge < -0.3 is 5.32 Å². The number of aryl methyl sites for hydroxylation is 1. The van der Waals surface area contributed by atoms with Crippen LogP contribution in [0.25, 0.3) is 0 Å². The van der Waals surface area contributed by atoms with Crippen LogP contribution >= 0.6 is 11.6 Å². The maximum atomic E-state index is 13.2. The first-order valence-corrected chi connectivity index (χ1v) is 11.3. The fraction of sp³-hybridized carbons (Fsp3) is 0.174. The van der Waals surface area contributed by atoms with Crippen LogP contribution in [0.3, 0.4) is 0 Å². The quantitative estimate of drug-likeness (QED) is 0.609. The highest BCUT2D eigenvalue weighted by atomic mass is 35.5. The molecule has 0 aliphatic carbocycles. The van der Waals surface area contributed by atoms with Gasteiger partial charge in [-0.1, -0.05) is 59.6 Å². The summed E-state index contributed by atoms with van der Waals surface area (Å²) >= 11 is 6.05. The predicted molar refractivity (Wildman–Crippen MR) is 118 cm³/mol. The SMILES string of the molecule is Cc1ccc(S(=O)(=O)N[C@H](c2ccc(Cl)cc2)[C@]2(C)C(=O)Nc3ccccc32)cc1. The Kier molecular flexibility index (Phi) is 5.18. The first-order valence-electron chi connectivity index (χ1n) is 9.47. The Balaban J connectivity index is 1.85. The van der Waals surface area contributed by atoms with Crippen LogP contribution < -0.4 is 10.0 Å². The molecule has 1 heterocycles. The van der Waals surface area contributed by atoms with Crippen molar-refractivity contribution in [1.82, 2.24) is 4.72 Å². The molecule has 5 nitrogen and oxygen atoms in total. The molecular weight excluding hydrogens is 420 g/mol. The number of fused-ring (bicyclic) bond motifs is 1. The summed E-state index contributed by atoms with van der Waals surface area (Å²) in [4.78, 5) is 13.3. The van der Waals surface area contributed by atoms with Crippen LogP contribution in [-0.2, 0) is 20.2 Å². The average molecular weight is 441 g/mol. The van der Waals surface area contributed by atoms with E-state index in [0.717, 1.165) is 11.1 Å². The number of sulfonamides is 1. The predicted octanol–water partition coefficient (Wildman–Crippen LogP) is 4.58. The van der Waals surface area contributed by atoms with Crippen molar-refractivity contribution in [3.8, 4) is 0 Å². The zero-order chi connectivity index (χ0) is 21.5. The molecule has 3 aromatic carbocycles. The number of carbonyl (C=O) groups excluding carboxylic acids is 1. The van der Waals surface area contributed by atoms with Crippen molar-refractivity contribution in [2.24, 2.45) is 0 Å². The summed E-state index contributed by atoms with van der Waals surface area (Å²) in [6.45, 7) is 3.65. The van der Waals surface area contributed by atoms with Crippen molar-refractivity contribution >= 4 is 33.2 Å². The molecule has 7 heteroatoms. The number of amides is 1. The maximum Gasteiger partial charge on any atom is 0.241 e. The molecule has 0 saturated heterocycles. The van der Waals surface area contributed by atoms with E-state index in [2.05, 4.69) is 10.0 Å². The number of hydrogen-bond donors (Lipinski definition) is 2. The van der Waals surface area contributed by atoms with Gasteiger partial charge >= 0.3 is 0 Å². The van der Waals surface area contributed by atoms with Crippen LogP contribution in [0.5, 0.6) is 0 Å². The molecule has 0 fully saturated rings. The van der Waals surface area contributed by atoms with Gasteiger partial charge in [-0.05, 0) is 55.3 Å². The van der Waals surface area contributed by atoms with Gasteiger partial charge in [0.1, 0.15) is 0 Å². The topological polar surface area (TPSA) is 75.3 Å². The molecule has 4 rings (SSSR count). The largest absolute Gasteiger partial charge is 0.325 e. The van der Waals surface area contributed by atoms with E-state index < -0.39 is 21.5 Å². The van der Waals surface area contributed by atoms with Crippen LogP contribution in [0.15, 0.2) is 77.7 Å². The number of halogens is 1. The Labute approximate surface area is 181 Å². The van der Waals surface area contributed by atoms with Crippen LogP contribution in [0.2, 0.25) is 5.02 Å². The zero-order valence-corrected chi connectivity index (χ0v) is 18.1. The third kappa shape index (κ3) is 3.51. The van der Waals surface area contributed by atoms with Crippen LogP contribution in [0.4, 0.5) is 5.69 Å². The summed E-state index contributed by atoms with van der Waals surface area (Å²) < 4.78 is 29.3. The summed E-state index contributed by atoms with van der Waals surface area (Å²) in [5.41, 5.74) is 1.87. The number of para-hydroxylation sites is 1. The standard InChI is InChI=1S/C23H21ClN2O3S/c1-15-7-13-18(14-8-15)30(28,29)26-21(16-9-11-17(24)12-10-16)23(2)19-5-3-4-6-20(19)25-22(23)27/h3-14,21,26H,1-2H3,(H,25,27)/t21-,23-/m1/s1. The number of rotatable bonds is 5. The summed E-state index contributed by atoms with van der Waals surface area (Å²) in [6, 6.07) is 19.9. The highest BCUT2D eigenvalue weighted by Crippen LogP contribution is 2.46. The van der Waals surface area contributed by atoms with Gasteiger partial charge in [0, 0.05) is 10.7 Å². The van der Waals surface area contributed by atoms with Crippen molar-refractivity contribution in [3.63, 3.8) is 0 Å². The van der Waals surface area contributed by atoms with Crippen molar-refractivity contribution in [1.29, 1.82) is 0 Å². The molecule has 0 saturated carbocycles. The lowest BCUT2D eigenvalue weighted by atomic mass is 9.74. The first kappa shape index (κ1) is 20.6. The summed E-state index contributed by atoms with van der Waals surface area (Å²) in [5, 5.41) is 3.41. The third-order valence-corrected chi connectivity index (χ3v) is 7.28. The molecule has 1 aliphatic rings. The number of carbonyl (C=O) groups is 1. The maximum absolute atomic E-state index is 13.2. The minimum atomic E-state index is -3.90. The second-order valence-corrected chi connectivity index (χ2v) is 9.77. The van der Waals surface area contributed by atoms with E-state index in [1.807, 2.05) is 31.2 Å². The molecule has 1 aliphatic heterocycles. The monoisotopic (exact) mass is 440 g/mol. The van der Waals surface area contributed by atoms with E-state index in [1.165, 1.54) is 0 Å². The lowest BCUT2D eigenvalue weighted by Crippen LogP contribution is -2.46. The van der Waals surface area contributed by atoms with Crippen LogP contribution in [0.1, 0.15) is 29.7 Å². The van der Waals surface area contributed by atoms with E-state index >= 15 is 0 Å². The van der Waals surface area contributed by atoms with Crippen molar-refractivity contribution < 1.29 is 13.2 Å². The molecule has 0 radical (unpaired) electrons. The zero-order valence-electron chi connectivity index (χ0n) is 16.5. The number of anilines is 1. The number of nitrogens with one attached hydrogen (secondary N) is 2. The second-order valence-electron chi connectivity index (χ2n) is 7.62. The normalized spacial score (nSPS) is 19.2. The molecule has 0 aromatic heterocycles. The van der Waals surface area contributed by atoms with E-state index in [1.54, 1.807) is 55.5 Å². The van der Waals surface area contributed by atoms with Gasteiger partial charge in [0.2, 0.25) is 15.9 Å². The second kappa shape index (κ2) is 7.54. The lowest BCUT2D eigenvalue weighted by Gasteiger charge is -2.33. The van der Waals surface area contributed by atoms with Crippen molar-refractivity contribution in [2.75, 3.05) is 5.32 Å². The summed E-state index contributed by atoms with van der Waals surface area (Å²) in [5.74, 6) is -0.268. The molecule has 0 unspecified atom stereocenters. The minimum absolute atomic E-state index is 0.141. The van der Waals surface area contributed by atoms with E-state index in [4.69, 9.17) is 11.6 Å². The van der Waals surface area contributed by atoms with Crippen molar-refractivity contribution in [3.05, 3.63) is 94.5 Å². The summed E-state index contributed by atoms with van der Waals surface area (Å²) in [6.07, 6.45) is 0. The Morgan fingerprint density at radius 1 is 0.967 bits per heavy atom. The summed E-state index contributed by atoms with van der Waals surface area (Å²) in [7, 11) is -3.90. The van der Waals surface area contributed by atoms with Gasteiger partial charge in [-0.3, -0.25) is 4.79 Å². The van der Waals surface area contributed by atoms with Gasteiger partial charge in [-0.15, -0.1) is 0 Å². The Morgan fingerprint density at radius 3 is 2.27 bits per heavy atom. The van der Waals surface area contributed by atoms with Gasteiger partial charge in [0.25, 0.3) is 0 Å². The first-order chi connectivity index (χ1) is 14.2. The van der Waals surface area contributed by atoms with Gasteiger partial charge in [0.15, 0.2) is 0 Å². The molecule has 2 atom stereocenters. The molecular formula is C23H21ClN2O3S. The molecule has 3 aromatic rings. The smallest absolute Gasteiger partial charge is 0.241 e. The third-order valence-electron chi connectivity index (χ3n) is 5.59. The fourth-order valence-electron chi connectivity index (χ4n) is 3.82. The molecule has 0 bridgehead atoms. The minimum Gasteiger partial charge on any atom is -0.325 e. The Hall–Kier alpha value is -2.67. The number of hydrogen-bond acceptors (Lipinski definition) is 3. The highest BCUT2D eigenvalue weighted by molar-refractivity contribution is 7.89. The van der Waals surface area contributed by atoms with Crippen molar-refractivity contribution in [2.45, 2.75) is 30.2 Å². The number of benzene rings is 3. The van der Waals surface area contributed by atoms with E-state index in [0.29, 0.717) is 16.3 Å². The molecule has 30 heavy (non-hydrogen) atoms. The Bertz CT molecular complexity index is 1210. The lowest BCUT2D eigenvalue weighted by molar-refractivity contribution is -0.121. The Morgan fingerprint density at radius 2 is 1.60 bits per heavy atom. The van der Waals surface area contributed by atoms with E-state index in [9.17, 15) is 13.2 Å². The molecule has 1 amide bonds. The molecule has 154 valence electrons. The molecule has 0 spiro atoms. The van der Waals surface area contributed by atoms with Gasteiger partial charge in [-0.25, -0.2) is 13.1 Å². The van der Waals surface area contributed by atoms with Gasteiger partial charge in [-0.2, -0.15) is 0 Å². The fourth-order valence-corrected chi connectivity index (χ4v) is 5.26. The average Bonchev–Trinajstić information content (AvgIpc) is 2.98. The van der Waals surface area contributed by atoms with Crippen LogP contribution in [-0.4, -0.2) is 14.3 Å².